The molecule has 0 amide bonds. The molecule has 6 heteroatoms. The van der Waals surface area contributed by atoms with Gasteiger partial charge in [-0.15, -0.1) is 0 Å². The summed E-state index contributed by atoms with van der Waals surface area (Å²) >= 11 is 5.89. The molecule has 0 spiro atoms. The molecule has 17 heavy (non-hydrogen) atoms. The maximum atomic E-state index is 11.3. The number of hydrogen-bond donors (Lipinski definition) is 1. The molecule has 1 N–H and O–H groups in total. The van der Waals surface area contributed by atoms with Crippen LogP contribution < -0.4 is 10.5 Å². The van der Waals surface area contributed by atoms with Crippen molar-refractivity contribution in [1.29, 1.82) is 0 Å². The Labute approximate surface area is 103 Å². The van der Waals surface area contributed by atoms with Crippen molar-refractivity contribution in [3.8, 4) is 0 Å². The van der Waals surface area contributed by atoms with E-state index in [1.165, 1.54) is 6.33 Å². The number of nitrogens with zero attached hydrogens (tertiary/aromatic N) is 3. The average Bonchev–Trinajstić information content (AvgIpc) is 2.34. The molecule has 2 heterocycles. The second-order valence-corrected chi connectivity index (χ2v) is 3.92. The SMILES string of the molecule is CN(Cc1ccccn1)c1nc[nH]c(=O)c1Cl. The minimum atomic E-state index is -0.343. The highest BCUT2D eigenvalue weighted by Crippen LogP contribution is 2.17. The van der Waals surface area contributed by atoms with Gasteiger partial charge in [0.05, 0.1) is 18.6 Å². The number of aromatic nitrogens is 3. The lowest BCUT2D eigenvalue weighted by molar-refractivity contribution is 0.858. The van der Waals surface area contributed by atoms with Crippen LogP contribution in [0.15, 0.2) is 35.5 Å². The third-order valence-electron chi connectivity index (χ3n) is 2.27. The molecule has 0 saturated heterocycles. The van der Waals surface area contributed by atoms with Crippen molar-refractivity contribution in [2.24, 2.45) is 0 Å². The Morgan fingerprint density at radius 1 is 1.41 bits per heavy atom. The summed E-state index contributed by atoms with van der Waals surface area (Å²) in [5.74, 6) is 0.445. The molecule has 2 rings (SSSR count). The van der Waals surface area contributed by atoms with Gasteiger partial charge in [0.25, 0.3) is 5.56 Å². The Kier molecular flexibility index (Phi) is 3.39. The van der Waals surface area contributed by atoms with E-state index in [0.29, 0.717) is 12.4 Å². The monoisotopic (exact) mass is 250 g/mol. The standard InChI is InChI=1S/C11H11ClN4O/c1-16(6-8-4-2-3-5-13-8)10-9(12)11(17)15-7-14-10/h2-5,7H,6H2,1H3,(H,14,15,17). The number of anilines is 1. The normalized spacial score (nSPS) is 10.2. The van der Waals surface area contributed by atoms with E-state index in [2.05, 4.69) is 15.0 Å². The van der Waals surface area contributed by atoms with E-state index in [4.69, 9.17) is 11.6 Å². The first-order valence-corrected chi connectivity index (χ1v) is 5.40. The molecule has 0 radical (unpaired) electrons. The lowest BCUT2D eigenvalue weighted by Gasteiger charge is -2.17. The third-order valence-corrected chi connectivity index (χ3v) is 2.61. The third kappa shape index (κ3) is 2.62. The van der Waals surface area contributed by atoms with Crippen molar-refractivity contribution in [1.82, 2.24) is 15.0 Å². The second-order valence-electron chi connectivity index (χ2n) is 3.55. The fourth-order valence-electron chi connectivity index (χ4n) is 1.45. The van der Waals surface area contributed by atoms with Crippen molar-refractivity contribution >= 4 is 17.4 Å². The molecular formula is C11H11ClN4O. The van der Waals surface area contributed by atoms with Crippen molar-refractivity contribution in [2.75, 3.05) is 11.9 Å². The van der Waals surface area contributed by atoms with Crippen LogP contribution in [0.2, 0.25) is 5.02 Å². The fourth-order valence-corrected chi connectivity index (χ4v) is 1.70. The number of nitrogens with one attached hydrogen (secondary N) is 1. The van der Waals surface area contributed by atoms with Crippen LogP contribution >= 0.6 is 11.6 Å². The zero-order chi connectivity index (χ0) is 12.3. The summed E-state index contributed by atoms with van der Waals surface area (Å²) in [6.45, 7) is 0.539. The highest BCUT2D eigenvalue weighted by atomic mass is 35.5. The Hall–Kier alpha value is -1.88. The zero-order valence-electron chi connectivity index (χ0n) is 9.22. The van der Waals surface area contributed by atoms with Crippen molar-refractivity contribution in [3.05, 3.63) is 51.8 Å². The molecule has 0 atom stereocenters. The highest BCUT2D eigenvalue weighted by molar-refractivity contribution is 6.32. The minimum absolute atomic E-state index is 0.0888. The molecule has 2 aromatic rings. The van der Waals surface area contributed by atoms with Crippen molar-refractivity contribution in [2.45, 2.75) is 6.54 Å². The minimum Gasteiger partial charge on any atom is -0.352 e. The molecule has 0 aromatic carbocycles. The number of aromatic amines is 1. The maximum Gasteiger partial charge on any atom is 0.271 e. The van der Waals surface area contributed by atoms with Gasteiger partial charge in [0.2, 0.25) is 0 Å². The lowest BCUT2D eigenvalue weighted by Crippen LogP contribution is -2.22. The number of rotatable bonds is 3. The zero-order valence-corrected chi connectivity index (χ0v) is 9.98. The fraction of sp³-hybridized carbons (Fsp3) is 0.182. The van der Waals surface area contributed by atoms with Crippen LogP contribution in [0.3, 0.4) is 0 Å². The molecule has 88 valence electrons. The number of H-pyrrole nitrogens is 1. The van der Waals surface area contributed by atoms with E-state index in [-0.39, 0.29) is 10.6 Å². The van der Waals surface area contributed by atoms with Gasteiger partial charge in [-0.05, 0) is 12.1 Å². The smallest absolute Gasteiger partial charge is 0.271 e. The molecule has 0 aliphatic heterocycles. The van der Waals surface area contributed by atoms with Crippen LogP contribution in [-0.2, 0) is 6.54 Å². The van der Waals surface area contributed by atoms with Crippen LogP contribution in [0.25, 0.3) is 0 Å². The molecule has 5 nitrogen and oxygen atoms in total. The molecule has 2 aromatic heterocycles. The van der Waals surface area contributed by atoms with Crippen molar-refractivity contribution < 1.29 is 0 Å². The summed E-state index contributed by atoms with van der Waals surface area (Å²) in [6.07, 6.45) is 3.05. The summed E-state index contributed by atoms with van der Waals surface area (Å²) in [6, 6.07) is 5.66. The van der Waals surface area contributed by atoms with Crippen LogP contribution in [0.4, 0.5) is 5.82 Å². The van der Waals surface area contributed by atoms with Gasteiger partial charge >= 0.3 is 0 Å². The first-order valence-electron chi connectivity index (χ1n) is 5.02. The number of hydrogen-bond acceptors (Lipinski definition) is 4. The van der Waals surface area contributed by atoms with E-state index in [9.17, 15) is 4.79 Å². The van der Waals surface area contributed by atoms with E-state index >= 15 is 0 Å². The topological polar surface area (TPSA) is 61.9 Å². The number of halogens is 1. The highest BCUT2D eigenvalue weighted by Gasteiger charge is 2.11. The van der Waals surface area contributed by atoms with Gasteiger partial charge in [-0.2, -0.15) is 0 Å². The van der Waals surface area contributed by atoms with Gasteiger partial charge in [0.15, 0.2) is 5.82 Å². The molecule has 0 fully saturated rings. The Morgan fingerprint density at radius 3 is 2.94 bits per heavy atom. The largest absolute Gasteiger partial charge is 0.352 e. The predicted molar refractivity (Wildman–Crippen MR) is 66.2 cm³/mol. The molecular weight excluding hydrogens is 240 g/mol. The van der Waals surface area contributed by atoms with Gasteiger partial charge < -0.3 is 9.88 Å². The number of pyridine rings is 1. The summed E-state index contributed by atoms with van der Waals surface area (Å²) in [5, 5.41) is 0.0888. The quantitative estimate of drug-likeness (QED) is 0.896. The van der Waals surface area contributed by atoms with Crippen LogP contribution in [0.1, 0.15) is 5.69 Å². The molecule has 0 unspecified atom stereocenters. The molecule has 0 bridgehead atoms. The van der Waals surface area contributed by atoms with E-state index in [1.807, 2.05) is 25.2 Å². The Bertz CT molecular complexity index is 555. The summed E-state index contributed by atoms with van der Waals surface area (Å²) < 4.78 is 0. The van der Waals surface area contributed by atoms with Gasteiger partial charge in [0.1, 0.15) is 5.02 Å². The maximum absolute atomic E-state index is 11.3. The van der Waals surface area contributed by atoms with Crippen LogP contribution in [0.5, 0.6) is 0 Å². The first kappa shape index (κ1) is 11.6. The Balaban J connectivity index is 2.23. The average molecular weight is 251 g/mol. The van der Waals surface area contributed by atoms with Gasteiger partial charge in [-0.25, -0.2) is 4.98 Å². The van der Waals surface area contributed by atoms with E-state index in [1.54, 1.807) is 11.1 Å². The Morgan fingerprint density at radius 2 is 2.24 bits per heavy atom. The first-order chi connectivity index (χ1) is 8.18. The molecule has 0 aliphatic carbocycles. The molecule has 0 aliphatic rings. The van der Waals surface area contributed by atoms with Crippen molar-refractivity contribution in [3.63, 3.8) is 0 Å². The summed E-state index contributed by atoms with van der Waals surface area (Å²) in [4.78, 5) is 23.8. The van der Waals surface area contributed by atoms with Gasteiger partial charge in [0, 0.05) is 13.2 Å². The summed E-state index contributed by atoms with van der Waals surface area (Å²) in [5.41, 5.74) is 0.540. The van der Waals surface area contributed by atoms with Gasteiger partial charge in [-0.1, -0.05) is 17.7 Å². The lowest BCUT2D eigenvalue weighted by atomic mass is 10.3. The predicted octanol–water partition coefficient (Wildman–Crippen LogP) is 1.45. The summed E-state index contributed by atoms with van der Waals surface area (Å²) in [7, 11) is 1.81. The van der Waals surface area contributed by atoms with E-state index < -0.39 is 0 Å². The van der Waals surface area contributed by atoms with Crippen LogP contribution in [0, 0.1) is 0 Å². The van der Waals surface area contributed by atoms with Crippen LogP contribution in [-0.4, -0.2) is 22.0 Å². The van der Waals surface area contributed by atoms with E-state index in [0.717, 1.165) is 5.69 Å². The second kappa shape index (κ2) is 4.97. The van der Waals surface area contributed by atoms with Gasteiger partial charge in [-0.3, -0.25) is 9.78 Å². The molecule has 0 saturated carbocycles.